The van der Waals surface area contributed by atoms with Gasteiger partial charge in [0, 0.05) is 18.6 Å². The molecule has 28 heavy (non-hydrogen) atoms. The van der Waals surface area contributed by atoms with E-state index in [0.717, 1.165) is 22.7 Å². The van der Waals surface area contributed by atoms with Crippen LogP contribution in [-0.2, 0) is 0 Å². The molecule has 4 rings (SSSR count). The molecule has 142 valence electrons. The van der Waals surface area contributed by atoms with Gasteiger partial charge in [-0.25, -0.2) is 0 Å². The van der Waals surface area contributed by atoms with E-state index in [1.807, 2.05) is 17.1 Å². The maximum Gasteiger partial charge on any atom is 0.269 e. The molecule has 0 spiro atoms. The summed E-state index contributed by atoms with van der Waals surface area (Å²) in [6.45, 7) is 4.34. The minimum absolute atomic E-state index is 0.0508. The largest absolute Gasteiger partial charge is 0.467 e. The van der Waals surface area contributed by atoms with Crippen molar-refractivity contribution in [3.05, 3.63) is 93.9 Å². The molecule has 1 atom stereocenters. The van der Waals surface area contributed by atoms with Gasteiger partial charge in [-0.1, -0.05) is 26.0 Å². The number of hydrazone groups is 1. The third-order valence-electron chi connectivity index (χ3n) is 5.02. The van der Waals surface area contributed by atoms with E-state index < -0.39 is 4.92 Å². The van der Waals surface area contributed by atoms with E-state index in [1.165, 1.54) is 17.7 Å². The predicted molar refractivity (Wildman–Crippen MR) is 109 cm³/mol. The summed E-state index contributed by atoms with van der Waals surface area (Å²) in [6, 6.07) is 18.7. The second-order valence-corrected chi connectivity index (χ2v) is 7.18. The SMILES string of the molecule is CC(C)c1ccc(N2N=C(c3ccc([N+](=O)[O-])cc3)CC2c2ccco2)cc1. The zero-order valence-corrected chi connectivity index (χ0v) is 15.8. The number of nitro groups is 1. The number of anilines is 1. The van der Waals surface area contributed by atoms with Gasteiger partial charge < -0.3 is 4.42 Å². The summed E-state index contributed by atoms with van der Waals surface area (Å²) in [5.41, 5.74) is 4.10. The molecule has 1 aliphatic heterocycles. The van der Waals surface area contributed by atoms with Gasteiger partial charge in [0.15, 0.2) is 0 Å². The fraction of sp³-hybridized carbons (Fsp3) is 0.227. The van der Waals surface area contributed by atoms with Gasteiger partial charge in [-0.05, 0) is 53.4 Å². The quantitative estimate of drug-likeness (QED) is 0.426. The summed E-state index contributed by atoms with van der Waals surface area (Å²) >= 11 is 0. The van der Waals surface area contributed by atoms with E-state index in [-0.39, 0.29) is 11.7 Å². The molecule has 2 aromatic carbocycles. The number of benzene rings is 2. The van der Waals surface area contributed by atoms with Crippen molar-refractivity contribution in [2.24, 2.45) is 5.10 Å². The normalized spacial score (nSPS) is 16.5. The van der Waals surface area contributed by atoms with Crippen LogP contribution in [0.25, 0.3) is 0 Å². The van der Waals surface area contributed by atoms with Crippen molar-refractivity contribution in [3.63, 3.8) is 0 Å². The van der Waals surface area contributed by atoms with Gasteiger partial charge in [0.1, 0.15) is 11.8 Å². The molecule has 2 heterocycles. The van der Waals surface area contributed by atoms with Crippen LogP contribution in [0, 0.1) is 10.1 Å². The van der Waals surface area contributed by atoms with E-state index in [2.05, 4.69) is 38.1 Å². The second kappa shape index (κ2) is 7.31. The lowest BCUT2D eigenvalue weighted by molar-refractivity contribution is -0.384. The first-order valence-electron chi connectivity index (χ1n) is 9.28. The van der Waals surface area contributed by atoms with Crippen LogP contribution in [0.5, 0.6) is 0 Å². The smallest absolute Gasteiger partial charge is 0.269 e. The lowest BCUT2D eigenvalue weighted by Crippen LogP contribution is -2.18. The number of furan rings is 1. The Balaban J connectivity index is 1.69. The zero-order chi connectivity index (χ0) is 19.7. The summed E-state index contributed by atoms with van der Waals surface area (Å²) in [5.74, 6) is 1.31. The van der Waals surface area contributed by atoms with Crippen LogP contribution in [0.4, 0.5) is 11.4 Å². The highest BCUT2D eigenvalue weighted by molar-refractivity contribution is 6.03. The molecule has 0 radical (unpaired) electrons. The van der Waals surface area contributed by atoms with E-state index >= 15 is 0 Å². The number of nitrogens with zero attached hydrogens (tertiary/aromatic N) is 3. The van der Waals surface area contributed by atoms with Crippen LogP contribution in [0.1, 0.15) is 49.1 Å². The van der Waals surface area contributed by atoms with Gasteiger partial charge in [0.05, 0.1) is 22.6 Å². The molecule has 3 aromatic rings. The highest BCUT2D eigenvalue weighted by Gasteiger charge is 2.32. The summed E-state index contributed by atoms with van der Waals surface area (Å²) in [5, 5.41) is 17.7. The Hall–Kier alpha value is -3.41. The van der Waals surface area contributed by atoms with Crippen LogP contribution < -0.4 is 5.01 Å². The third kappa shape index (κ3) is 3.41. The number of hydrogen-bond donors (Lipinski definition) is 0. The van der Waals surface area contributed by atoms with Crippen molar-refractivity contribution >= 4 is 17.1 Å². The number of nitro benzene ring substituents is 1. The average molecular weight is 375 g/mol. The molecule has 1 unspecified atom stereocenters. The Kier molecular flexibility index (Phi) is 4.69. The van der Waals surface area contributed by atoms with Gasteiger partial charge >= 0.3 is 0 Å². The summed E-state index contributed by atoms with van der Waals surface area (Å²) in [6.07, 6.45) is 2.33. The third-order valence-corrected chi connectivity index (χ3v) is 5.02. The molecular formula is C22H21N3O3. The Morgan fingerprint density at radius 2 is 1.82 bits per heavy atom. The van der Waals surface area contributed by atoms with Gasteiger partial charge in [0.2, 0.25) is 0 Å². The lowest BCUT2D eigenvalue weighted by Gasteiger charge is -2.22. The molecule has 0 amide bonds. The van der Waals surface area contributed by atoms with Crippen LogP contribution in [0.15, 0.2) is 76.4 Å². The molecule has 0 aliphatic carbocycles. The molecule has 0 fully saturated rings. The second-order valence-electron chi connectivity index (χ2n) is 7.18. The van der Waals surface area contributed by atoms with E-state index in [1.54, 1.807) is 18.4 Å². The van der Waals surface area contributed by atoms with Crippen LogP contribution in [-0.4, -0.2) is 10.6 Å². The van der Waals surface area contributed by atoms with Crippen molar-refractivity contribution in [2.45, 2.75) is 32.2 Å². The fourth-order valence-corrected chi connectivity index (χ4v) is 3.41. The molecule has 0 saturated heterocycles. The van der Waals surface area contributed by atoms with E-state index in [9.17, 15) is 10.1 Å². The summed E-state index contributed by atoms with van der Waals surface area (Å²) in [4.78, 5) is 10.5. The molecule has 0 saturated carbocycles. The van der Waals surface area contributed by atoms with E-state index in [0.29, 0.717) is 12.3 Å². The maximum absolute atomic E-state index is 10.9. The van der Waals surface area contributed by atoms with Crippen LogP contribution in [0.2, 0.25) is 0 Å². The van der Waals surface area contributed by atoms with Gasteiger partial charge in [0.25, 0.3) is 5.69 Å². The summed E-state index contributed by atoms with van der Waals surface area (Å²) in [7, 11) is 0. The first kappa shape index (κ1) is 18.0. The van der Waals surface area contributed by atoms with Crippen molar-refractivity contribution in [3.8, 4) is 0 Å². The molecule has 1 aromatic heterocycles. The Morgan fingerprint density at radius 3 is 2.39 bits per heavy atom. The first-order valence-corrected chi connectivity index (χ1v) is 9.28. The minimum atomic E-state index is -0.394. The number of hydrogen-bond acceptors (Lipinski definition) is 5. The maximum atomic E-state index is 10.9. The van der Waals surface area contributed by atoms with Gasteiger partial charge in [-0.15, -0.1) is 0 Å². The Morgan fingerprint density at radius 1 is 1.11 bits per heavy atom. The Bertz CT molecular complexity index is 991. The molecule has 6 heteroatoms. The van der Waals surface area contributed by atoms with Crippen molar-refractivity contribution < 1.29 is 9.34 Å². The van der Waals surface area contributed by atoms with Crippen molar-refractivity contribution in [1.82, 2.24) is 0 Å². The first-order chi connectivity index (χ1) is 13.5. The fourth-order valence-electron chi connectivity index (χ4n) is 3.41. The molecule has 0 bridgehead atoms. The van der Waals surface area contributed by atoms with Gasteiger partial charge in [-0.2, -0.15) is 5.10 Å². The minimum Gasteiger partial charge on any atom is -0.467 e. The average Bonchev–Trinajstić information content (AvgIpc) is 3.38. The molecule has 6 nitrogen and oxygen atoms in total. The predicted octanol–water partition coefficient (Wildman–Crippen LogP) is 5.67. The van der Waals surface area contributed by atoms with Crippen molar-refractivity contribution in [2.75, 3.05) is 5.01 Å². The number of non-ortho nitro benzene ring substituents is 1. The monoisotopic (exact) mass is 375 g/mol. The van der Waals surface area contributed by atoms with Gasteiger partial charge in [-0.3, -0.25) is 15.1 Å². The molecular weight excluding hydrogens is 354 g/mol. The lowest BCUT2D eigenvalue weighted by atomic mass is 10.0. The number of rotatable bonds is 5. The molecule has 1 aliphatic rings. The van der Waals surface area contributed by atoms with Crippen molar-refractivity contribution in [1.29, 1.82) is 0 Å². The topological polar surface area (TPSA) is 71.9 Å². The van der Waals surface area contributed by atoms with E-state index in [4.69, 9.17) is 9.52 Å². The highest BCUT2D eigenvalue weighted by atomic mass is 16.6. The van der Waals surface area contributed by atoms with Crippen LogP contribution in [0.3, 0.4) is 0 Å². The Labute approximate surface area is 163 Å². The van der Waals surface area contributed by atoms with Crippen LogP contribution >= 0.6 is 0 Å². The highest BCUT2D eigenvalue weighted by Crippen LogP contribution is 2.37. The molecule has 0 N–H and O–H groups in total. The standard InChI is InChI=1S/C22H21N3O3/c1-15(2)16-5-9-18(10-6-16)24-21(22-4-3-13-28-22)14-20(23-24)17-7-11-19(12-8-17)25(26)27/h3-13,15,21H,14H2,1-2H3. The zero-order valence-electron chi connectivity index (χ0n) is 15.8. The summed E-state index contributed by atoms with van der Waals surface area (Å²) < 4.78 is 5.66.